The first-order valence-electron chi connectivity index (χ1n) is 9.70. The lowest BCUT2D eigenvalue weighted by Gasteiger charge is -2.41. The van der Waals surface area contributed by atoms with E-state index in [-0.39, 0.29) is 0 Å². The molecule has 0 saturated carbocycles. The van der Waals surface area contributed by atoms with Crippen molar-refractivity contribution in [2.75, 3.05) is 0 Å². The van der Waals surface area contributed by atoms with E-state index < -0.39 is 6.42 Å². The van der Waals surface area contributed by atoms with E-state index in [0.29, 0.717) is 0 Å². The molecule has 0 amide bonds. The average Bonchev–Trinajstić information content (AvgIpc) is 2.80. The first-order chi connectivity index (χ1) is 13.9. The largest absolute Gasteiger partial charge is 0.489 e. The Morgan fingerprint density at radius 3 is 1.71 bits per heavy atom. The maximum Gasteiger partial charge on any atom is 0.428 e. The molecular formula is C25H21BN2. The predicted molar refractivity (Wildman–Crippen MR) is 117 cm³/mol. The smallest absolute Gasteiger partial charge is 0.428 e. The maximum absolute atomic E-state index is 3.96. The van der Waals surface area contributed by atoms with Crippen LogP contribution in [0.1, 0.15) is 11.3 Å². The van der Waals surface area contributed by atoms with Gasteiger partial charge in [-0.3, -0.25) is 0 Å². The minimum Gasteiger partial charge on any atom is -0.489 e. The molecule has 0 fully saturated rings. The summed E-state index contributed by atoms with van der Waals surface area (Å²) < 4.78 is 2.39. The third kappa shape index (κ3) is 2.64. The minimum atomic E-state index is -1.42. The third-order valence-corrected chi connectivity index (χ3v) is 5.65. The molecule has 0 saturated heterocycles. The summed E-state index contributed by atoms with van der Waals surface area (Å²) in [5.41, 5.74) is 6.03. The van der Waals surface area contributed by atoms with E-state index in [0.717, 1.165) is 5.70 Å². The van der Waals surface area contributed by atoms with Gasteiger partial charge in [0.2, 0.25) is 0 Å². The second-order valence-corrected chi connectivity index (χ2v) is 7.24. The topological polar surface area (TPSA) is 15.9 Å². The number of nitrogens with zero attached hydrogens (tertiary/aromatic N) is 1. The van der Waals surface area contributed by atoms with E-state index in [1.54, 1.807) is 0 Å². The van der Waals surface area contributed by atoms with Gasteiger partial charge in [0.15, 0.2) is 5.69 Å². The molecule has 134 valence electrons. The zero-order valence-corrected chi connectivity index (χ0v) is 15.6. The van der Waals surface area contributed by atoms with Gasteiger partial charge in [0.25, 0.3) is 0 Å². The molecule has 0 radical (unpaired) electrons. The van der Waals surface area contributed by atoms with Crippen molar-refractivity contribution < 1.29 is 4.48 Å². The number of pyridine rings is 1. The molecule has 1 aliphatic rings. The Morgan fingerprint density at radius 2 is 1.11 bits per heavy atom. The summed E-state index contributed by atoms with van der Waals surface area (Å²) in [6.45, 7) is 0. The first-order valence-corrected chi connectivity index (χ1v) is 9.70. The van der Waals surface area contributed by atoms with Crippen LogP contribution in [0.5, 0.6) is 0 Å². The second-order valence-electron chi connectivity index (χ2n) is 7.24. The molecule has 3 aromatic carbocycles. The molecule has 0 unspecified atom stereocenters. The van der Waals surface area contributed by atoms with Crippen LogP contribution in [0.25, 0.3) is 11.8 Å². The molecule has 1 N–H and O–H groups in total. The van der Waals surface area contributed by atoms with Crippen molar-refractivity contribution in [2.24, 2.45) is 0 Å². The molecule has 4 aromatic rings. The Kier molecular flexibility index (Phi) is 4.06. The summed E-state index contributed by atoms with van der Waals surface area (Å²) in [7, 11) is 0. The molecule has 0 aliphatic carbocycles. The SMILES string of the molecule is C1=C(c2ccccc2)N[B-](c2ccccc2)(c2ccccc2)[n+]2ccccc21. The number of rotatable bonds is 3. The second kappa shape index (κ2) is 6.86. The summed E-state index contributed by atoms with van der Waals surface area (Å²) in [5, 5.41) is 3.96. The van der Waals surface area contributed by atoms with Gasteiger partial charge in [-0.15, -0.1) is 10.9 Å². The summed E-state index contributed by atoms with van der Waals surface area (Å²) in [6, 6.07) is 38.5. The normalized spacial score (nSPS) is 14.5. The van der Waals surface area contributed by atoms with Gasteiger partial charge >= 0.3 is 6.42 Å². The lowest BCUT2D eigenvalue weighted by atomic mass is 9.36. The standard InChI is InChI=1S/C25H21BN2/c1-4-12-21(13-5-1)25-20-24-18-10-11-19-28(24)26(27-25,22-14-6-2-7-15-22)23-16-8-3-9-17-23/h1-20,27H. The van der Waals surface area contributed by atoms with Gasteiger partial charge < -0.3 is 9.71 Å². The van der Waals surface area contributed by atoms with Gasteiger partial charge in [-0.05, 0) is 11.6 Å². The molecule has 0 spiro atoms. The molecule has 28 heavy (non-hydrogen) atoms. The fourth-order valence-electron chi connectivity index (χ4n) is 4.36. The molecule has 1 aromatic heterocycles. The third-order valence-electron chi connectivity index (χ3n) is 5.65. The van der Waals surface area contributed by atoms with Crippen molar-refractivity contribution in [2.45, 2.75) is 0 Å². The van der Waals surface area contributed by atoms with Crippen LogP contribution in [0.3, 0.4) is 0 Å². The van der Waals surface area contributed by atoms with Gasteiger partial charge in [-0.2, -0.15) is 0 Å². The zero-order chi connectivity index (χ0) is 18.8. The van der Waals surface area contributed by atoms with Crippen LogP contribution in [0.15, 0.2) is 115 Å². The zero-order valence-electron chi connectivity index (χ0n) is 15.6. The molecule has 1 aliphatic heterocycles. The average molecular weight is 360 g/mol. The number of hydrogen-bond acceptors (Lipinski definition) is 1. The van der Waals surface area contributed by atoms with Gasteiger partial charge in [0.05, 0.1) is 0 Å². The number of fused-ring (bicyclic) bond motifs is 1. The number of hydrogen-bond donors (Lipinski definition) is 1. The highest BCUT2D eigenvalue weighted by molar-refractivity contribution is 6.94. The Balaban J connectivity index is 1.83. The molecule has 2 heterocycles. The van der Waals surface area contributed by atoms with Gasteiger partial charge in [0.1, 0.15) is 6.20 Å². The highest BCUT2D eigenvalue weighted by atomic mass is 15.1. The molecule has 2 nitrogen and oxygen atoms in total. The van der Waals surface area contributed by atoms with Crippen molar-refractivity contribution in [3.63, 3.8) is 0 Å². The number of nitrogens with one attached hydrogen (secondary N) is 1. The first kappa shape index (κ1) is 16.6. The van der Waals surface area contributed by atoms with Crippen molar-refractivity contribution in [1.29, 1.82) is 0 Å². The summed E-state index contributed by atoms with van der Waals surface area (Å²) in [6.07, 6.45) is 3.00. The Hall–Kier alpha value is -3.59. The minimum absolute atomic E-state index is 1.14. The fraction of sp³-hybridized carbons (Fsp3) is 0. The summed E-state index contributed by atoms with van der Waals surface area (Å²) in [5.74, 6) is 0. The van der Waals surface area contributed by atoms with Gasteiger partial charge in [-0.25, -0.2) is 0 Å². The van der Waals surface area contributed by atoms with E-state index in [1.807, 2.05) is 0 Å². The van der Waals surface area contributed by atoms with Crippen LogP contribution in [-0.4, -0.2) is 6.42 Å². The number of benzene rings is 3. The van der Waals surface area contributed by atoms with Crippen molar-refractivity contribution in [3.05, 3.63) is 127 Å². The van der Waals surface area contributed by atoms with E-state index in [2.05, 4.69) is 131 Å². The van der Waals surface area contributed by atoms with Crippen molar-refractivity contribution in [1.82, 2.24) is 5.23 Å². The van der Waals surface area contributed by atoms with Gasteiger partial charge in [0, 0.05) is 17.8 Å². The Labute approximate surface area is 165 Å². The highest BCUT2D eigenvalue weighted by Gasteiger charge is 2.44. The van der Waals surface area contributed by atoms with Crippen LogP contribution in [0, 0.1) is 0 Å². The molecule has 0 atom stereocenters. The van der Waals surface area contributed by atoms with E-state index >= 15 is 0 Å². The summed E-state index contributed by atoms with van der Waals surface area (Å²) >= 11 is 0. The van der Waals surface area contributed by atoms with E-state index in [4.69, 9.17) is 0 Å². The molecule has 5 rings (SSSR count). The summed E-state index contributed by atoms with van der Waals surface area (Å²) in [4.78, 5) is 0. The Morgan fingerprint density at radius 1 is 0.571 bits per heavy atom. The van der Waals surface area contributed by atoms with Crippen LogP contribution in [0.4, 0.5) is 0 Å². The lowest BCUT2D eigenvalue weighted by molar-refractivity contribution is -0.547. The van der Waals surface area contributed by atoms with Gasteiger partial charge in [-0.1, -0.05) is 97.1 Å². The van der Waals surface area contributed by atoms with E-state index in [9.17, 15) is 0 Å². The molecule has 3 heteroatoms. The van der Waals surface area contributed by atoms with Crippen LogP contribution in [-0.2, 0) is 0 Å². The van der Waals surface area contributed by atoms with Crippen LogP contribution in [0.2, 0.25) is 0 Å². The van der Waals surface area contributed by atoms with E-state index in [1.165, 1.54) is 22.2 Å². The van der Waals surface area contributed by atoms with Crippen molar-refractivity contribution in [3.8, 4) is 0 Å². The lowest BCUT2D eigenvalue weighted by Crippen LogP contribution is -2.87. The molecule has 0 bridgehead atoms. The quantitative estimate of drug-likeness (QED) is 0.555. The highest BCUT2D eigenvalue weighted by Crippen LogP contribution is 2.20. The van der Waals surface area contributed by atoms with Crippen LogP contribution >= 0.6 is 0 Å². The Bertz CT molecular complexity index is 1080. The van der Waals surface area contributed by atoms with Crippen molar-refractivity contribution >= 4 is 29.1 Å². The predicted octanol–water partition coefficient (Wildman–Crippen LogP) is 3.18. The van der Waals surface area contributed by atoms with Crippen LogP contribution < -0.4 is 20.6 Å². The number of aromatic nitrogens is 1. The fourth-order valence-corrected chi connectivity index (χ4v) is 4.36. The monoisotopic (exact) mass is 360 g/mol. The molecular weight excluding hydrogens is 339 g/mol. The maximum atomic E-state index is 3.96.